The number of likely N-dealkylation sites (tertiary alicyclic amines) is 1. The molecule has 18 heavy (non-hydrogen) atoms. The number of nitrogens with zero attached hydrogens (tertiary/aromatic N) is 1. The number of benzene rings is 1. The molecule has 1 aromatic carbocycles. The van der Waals surface area contributed by atoms with Crippen molar-refractivity contribution in [2.75, 3.05) is 26.2 Å². The minimum atomic E-state index is -0.445. The van der Waals surface area contributed by atoms with Crippen LogP contribution in [0.4, 0.5) is 0 Å². The van der Waals surface area contributed by atoms with Crippen molar-refractivity contribution in [3.63, 3.8) is 0 Å². The van der Waals surface area contributed by atoms with Crippen LogP contribution in [0.5, 0.6) is 5.75 Å². The summed E-state index contributed by atoms with van der Waals surface area (Å²) in [5.74, 6) is 0.943. The summed E-state index contributed by atoms with van der Waals surface area (Å²) in [5, 5.41) is 9.90. The maximum Gasteiger partial charge on any atom is 0.119 e. The molecule has 1 saturated heterocycles. The van der Waals surface area contributed by atoms with Crippen LogP contribution < -0.4 is 4.74 Å². The van der Waals surface area contributed by atoms with E-state index in [0.29, 0.717) is 6.61 Å². The molecule has 0 spiro atoms. The van der Waals surface area contributed by atoms with Crippen molar-refractivity contribution in [2.24, 2.45) is 0 Å². The van der Waals surface area contributed by atoms with Crippen molar-refractivity contribution in [3.8, 4) is 5.75 Å². The molecule has 1 aliphatic heterocycles. The summed E-state index contributed by atoms with van der Waals surface area (Å²) in [4.78, 5) is 2.23. The zero-order valence-corrected chi connectivity index (χ0v) is 11.6. The van der Waals surface area contributed by atoms with E-state index in [2.05, 4.69) is 36.9 Å². The van der Waals surface area contributed by atoms with Crippen LogP contribution in [0.3, 0.4) is 0 Å². The van der Waals surface area contributed by atoms with Crippen LogP contribution in [0, 0.1) is 13.8 Å². The van der Waals surface area contributed by atoms with Crippen molar-refractivity contribution in [1.29, 1.82) is 0 Å². The number of aliphatic hydroxyl groups is 1. The number of hydrogen-bond acceptors (Lipinski definition) is 3. The highest BCUT2D eigenvalue weighted by molar-refractivity contribution is 5.32. The number of ether oxygens (including phenoxy) is 1. The van der Waals surface area contributed by atoms with Gasteiger partial charge in [0.2, 0.25) is 0 Å². The zero-order valence-electron chi connectivity index (χ0n) is 11.6. The lowest BCUT2D eigenvalue weighted by molar-refractivity contribution is -0.102. The molecule has 1 aromatic rings. The smallest absolute Gasteiger partial charge is 0.119 e. The van der Waals surface area contributed by atoms with E-state index >= 15 is 0 Å². The normalized spacial score (nSPS) is 18.4. The highest BCUT2D eigenvalue weighted by atomic mass is 16.5. The Morgan fingerprint density at radius 3 is 2.39 bits per heavy atom. The maximum atomic E-state index is 9.90. The molecule has 1 fully saturated rings. The predicted octanol–water partition coefficient (Wildman–Crippen LogP) is 2.14. The van der Waals surface area contributed by atoms with Gasteiger partial charge in [-0.05, 0) is 43.5 Å². The van der Waals surface area contributed by atoms with Crippen LogP contribution >= 0.6 is 0 Å². The Balaban J connectivity index is 1.73. The topological polar surface area (TPSA) is 32.7 Å². The van der Waals surface area contributed by atoms with Gasteiger partial charge in [-0.2, -0.15) is 0 Å². The standard InChI is InChI=1S/C15H23NO2/c1-4-15(17)10-16(11-15)5-6-18-14-8-12(2)7-13(3)9-14/h7-9,17H,4-6,10-11H2,1-3H3. The summed E-state index contributed by atoms with van der Waals surface area (Å²) in [6.07, 6.45) is 0.835. The first-order valence-corrected chi connectivity index (χ1v) is 6.66. The minimum Gasteiger partial charge on any atom is -0.492 e. The molecule has 0 atom stereocenters. The minimum absolute atomic E-state index is 0.445. The largest absolute Gasteiger partial charge is 0.492 e. The lowest BCUT2D eigenvalue weighted by Crippen LogP contribution is -2.61. The summed E-state index contributed by atoms with van der Waals surface area (Å²) in [6.45, 7) is 9.31. The SMILES string of the molecule is CCC1(O)CN(CCOc2cc(C)cc(C)c2)C1. The first kappa shape index (κ1) is 13.4. The average Bonchev–Trinajstić information content (AvgIpc) is 2.25. The average molecular weight is 249 g/mol. The van der Waals surface area contributed by atoms with Crippen LogP contribution in [0.15, 0.2) is 18.2 Å². The number of rotatable bonds is 5. The van der Waals surface area contributed by atoms with E-state index in [1.54, 1.807) is 0 Å². The quantitative estimate of drug-likeness (QED) is 0.868. The highest BCUT2D eigenvalue weighted by Crippen LogP contribution is 2.23. The Labute approximate surface area is 109 Å². The fraction of sp³-hybridized carbons (Fsp3) is 0.600. The van der Waals surface area contributed by atoms with Crippen molar-refractivity contribution in [1.82, 2.24) is 4.90 Å². The fourth-order valence-corrected chi connectivity index (χ4v) is 2.48. The Morgan fingerprint density at radius 2 is 1.83 bits per heavy atom. The van der Waals surface area contributed by atoms with E-state index in [0.717, 1.165) is 31.8 Å². The Kier molecular flexibility index (Phi) is 3.93. The number of β-amino-alcohol motifs (C(OH)–C–C–N with tert-alkyl or cyclic N) is 1. The van der Waals surface area contributed by atoms with Gasteiger partial charge in [0.05, 0.1) is 5.60 Å². The van der Waals surface area contributed by atoms with Gasteiger partial charge in [0.1, 0.15) is 12.4 Å². The first-order chi connectivity index (χ1) is 8.50. The van der Waals surface area contributed by atoms with Gasteiger partial charge in [0, 0.05) is 19.6 Å². The molecule has 1 heterocycles. The molecular weight excluding hydrogens is 226 g/mol. The van der Waals surface area contributed by atoms with Gasteiger partial charge in [0.15, 0.2) is 0 Å². The van der Waals surface area contributed by atoms with Crippen LogP contribution in [0.25, 0.3) is 0 Å². The third kappa shape index (κ3) is 3.24. The van der Waals surface area contributed by atoms with Crippen LogP contribution in [-0.2, 0) is 0 Å². The summed E-state index contributed by atoms with van der Waals surface area (Å²) >= 11 is 0. The molecule has 1 aliphatic rings. The van der Waals surface area contributed by atoms with Gasteiger partial charge in [-0.1, -0.05) is 13.0 Å². The van der Waals surface area contributed by atoms with E-state index in [9.17, 15) is 5.11 Å². The van der Waals surface area contributed by atoms with Gasteiger partial charge in [-0.15, -0.1) is 0 Å². The third-order valence-corrected chi connectivity index (χ3v) is 3.57. The molecule has 0 amide bonds. The van der Waals surface area contributed by atoms with Crippen LogP contribution in [-0.4, -0.2) is 41.8 Å². The van der Waals surface area contributed by atoms with E-state index in [-0.39, 0.29) is 0 Å². The third-order valence-electron chi connectivity index (χ3n) is 3.57. The summed E-state index contributed by atoms with van der Waals surface area (Å²) < 4.78 is 5.75. The molecule has 1 N–H and O–H groups in total. The molecule has 0 aromatic heterocycles. The van der Waals surface area contributed by atoms with Gasteiger partial charge >= 0.3 is 0 Å². The second-order valence-corrected chi connectivity index (χ2v) is 5.46. The summed E-state index contributed by atoms with van der Waals surface area (Å²) in [5.41, 5.74) is 2.02. The lowest BCUT2D eigenvalue weighted by Gasteiger charge is -2.46. The monoisotopic (exact) mass is 249 g/mol. The number of hydrogen-bond donors (Lipinski definition) is 1. The van der Waals surface area contributed by atoms with E-state index in [1.165, 1.54) is 11.1 Å². The van der Waals surface area contributed by atoms with Crippen LogP contribution in [0.1, 0.15) is 24.5 Å². The van der Waals surface area contributed by atoms with Crippen molar-refractivity contribution in [2.45, 2.75) is 32.8 Å². The van der Waals surface area contributed by atoms with E-state index in [4.69, 9.17) is 4.74 Å². The molecule has 2 rings (SSSR count). The lowest BCUT2D eigenvalue weighted by atomic mass is 9.91. The van der Waals surface area contributed by atoms with Crippen molar-refractivity contribution < 1.29 is 9.84 Å². The van der Waals surface area contributed by atoms with Gasteiger partial charge in [-0.25, -0.2) is 0 Å². The Morgan fingerprint density at radius 1 is 1.22 bits per heavy atom. The second kappa shape index (κ2) is 5.29. The Hall–Kier alpha value is -1.06. The van der Waals surface area contributed by atoms with Gasteiger partial charge in [0.25, 0.3) is 0 Å². The van der Waals surface area contributed by atoms with E-state index in [1.807, 2.05) is 6.92 Å². The summed E-state index contributed by atoms with van der Waals surface area (Å²) in [7, 11) is 0. The molecule has 100 valence electrons. The van der Waals surface area contributed by atoms with Crippen molar-refractivity contribution in [3.05, 3.63) is 29.3 Å². The molecule has 0 unspecified atom stereocenters. The zero-order chi connectivity index (χ0) is 13.2. The number of aryl methyl sites for hydroxylation is 2. The first-order valence-electron chi connectivity index (χ1n) is 6.66. The molecule has 0 radical (unpaired) electrons. The fourth-order valence-electron chi connectivity index (χ4n) is 2.48. The van der Waals surface area contributed by atoms with Crippen molar-refractivity contribution >= 4 is 0 Å². The Bertz CT molecular complexity index is 391. The molecule has 0 saturated carbocycles. The summed E-state index contributed by atoms with van der Waals surface area (Å²) in [6, 6.07) is 6.26. The predicted molar refractivity (Wildman–Crippen MR) is 73.1 cm³/mol. The molecular formula is C15H23NO2. The van der Waals surface area contributed by atoms with Gasteiger partial charge < -0.3 is 9.84 Å². The highest BCUT2D eigenvalue weighted by Gasteiger charge is 2.38. The second-order valence-electron chi connectivity index (χ2n) is 5.46. The van der Waals surface area contributed by atoms with Gasteiger partial charge in [-0.3, -0.25) is 4.90 Å². The molecule has 3 nitrogen and oxygen atoms in total. The van der Waals surface area contributed by atoms with Crippen LogP contribution in [0.2, 0.25) is 0 Å². The van der Waals surface area contributed by atoms with E-state index < -0.39 is 5.60 Å². The maximum absolute atomic E-state index is 9.90. The molecule has 0 bridgehead atoms. The molecule has 3 heteroatoms. The molecule has 0 aliphatic carbocycles.